The summed E-state index contributed by atoms with van der Waals surface area (Å²) < 4.78 is 37.7. The van der Waals surface area contributed by atoms with E-state index in [0.29, 0.717) is 19.6 Å². The first-order valence-corrected chi connectivity index (χ1v) is 10.6. The van der Waals surface area contributed by atoms with Gasteiger partial charge in [0.25, 0.3) is 0 Å². The molecule has 1 atom stereocenters. The third-order valence-electron chi connectivity index (χ3n) is 5.38. The molecule has 5 nitrogen and oxygen atoms in total. The fourth-order valence-corrected chi connectivity index (χ4v) is 4.22. The van der Waals surface area contributed by atoms with Gasteiger partial charge in [-0.15, -0.1) is 0 Å². The predicted molar refractivity (Wildman–Crippen MR) is 112 cm³/mol. The minimum absolute atomic E-state index is 0.176. The van der Waals surface area contributed by atoms with Crippen molar-refractivity contribution in [2.75, 3.05) is 63.8 Å². The summed E-state index contributed by atoms with van der Waals surface area (Å²) in [5, 5.41) is 4.09. The lowest BCUT2D eigenvalue weighted by atomic mass is 10.1. The van der Waals surface area contributed by atoms with Crippen molar-refractivity contribution < 1.29 is 13.2 Å². The van der Waals surface area contributed by atoms with E-state index in [2.05, 4.69) is 15.1 Å². The second-order valence-corrected chi connectivity index (χ2v) is 8.03. The highest BCUT2D eigenvalue weighted by Gasteiger charge is 2.34. The molecule has 0 saturated carbocycles. The van der Waals surface area contributed by atoms with Crippen LogP contribution in [0.15, 0.2) is 29.3 Å². The molecule has 2 fully saturated rings. The van der Waals surface area contributed by atoms with E-state index in [4.69, 9.17) is 16.6 Å². The van der Waals surface area contributed by atoms with Crippen LogP contribution in [0.3, 0.4) is 0 Å². The van der Waals surface area contributed by atoms with Crippen molar-refractivity contribution in [1.82, 2.24) is 15.1 Å². The zero-order chi connectivity index (χ0) is 20.9. The number of benzene rings is 1. The number of anilines is 1. The van der Waals surface area contributed by atoms with Crippen LogP contribution in [-0.2, 0) is 0 Å². The lowest BCUT2D eigenvalue weighted by Gasteiger charge is -2.38. The van der Waals surface area contributed by atoms with E-state index in [0.717, 1.165) is 55.8 Å². The van der Waals surface area contributed by atoms with Crippen molar-refractivity contribution in [3.8, 4) is 0 Å². The first-order valence-electron chi connectivity index (χ1n) is 10.2. The number of hydrogen-bond acceptors (Lipinski definition) is 3. The van der Waals surface area contributed by atoms with E-state index >= 15 is 0 Å². The van der Waals surface area contributed by atoms with E-state index in [9.17, 15) is 13.2 Å². The minimum Gasteiger partial charge on any atom is -0.367 e. The molecule has 2 aliphatic heterocycles. The number of para-hydroxylation sites is 1. The number of halogens is 4. The predicted octanol–water partition coefficient (Wildman–Crippen LogP) is 3.31. The van der Waals surface area contributed by atoms with Crippen molar-refractivity contribution in [1.29, 1.82) is 0 Å². The topological polar surface area (TPSA) is 34.1 Å². The van der Waals surface area contributed by atoms with Crippen molar-refractivity contribution >= 4 is 23.2 Å². The van der Waals surface area contributed by atoms with Gasteiger partial charge in [0.2, 0.25) is 0 Å². The molecule has 29 heavy (non-hydrogen) atoms. The van der Waals surface area contributed by atoms with Crippen LogP contribution >= 0.6 is 11.6 Å². The summed E-state index contributed by atoms with van der Waals surface area (Å²) in [7, 11) is 0. The smallest absolute Gasteiger partial charge is 0.367 e. The molecule has 162 valence electrons. The van der Waals surface area contributed by atoms with Crippen LogP contribution in [0.1, 0.15) is 13.3 Å². The third kappa shape index (κ3) is 6.40. The molecule has 0 spiro atoms. The van der Waals surface area contributed by atoms with Crippen LogP contribution in [0.5, 0.6) is 0 Å². The Morgan fingerprint density at radius 3 is 2.55 bits per heavy atom. The normalized spacial score (nSPS) is 21.7. The lowest BCUT2D eigenvalue weighted by molar-refractivity contribution is -0.143. The van der Waals surface area contributed by atoms with Gasteiger partial charge in [0.05, 0.1) is 17.3 Å². The maximum Gasteiger partial charge on any atom is 0.401 e. The van der Waals surface area contributed by atoms with E-state index in [-0.39, 0.29) is 5.92 Å². The van der Waals surface area contributed by atoms with E-state index in [1.54, 1.807) is 0 Å². The number of hydrogen-bond donors (Lipinski definition) is 1. The van der Waals surface area contributed by atoms with Gasteiger partial charge in [-0.2, -0.15) is 13.2 Å². The molecule has 0 aromatic heterocycles. The quantitative estimate of drug-likeness (QED) is 0.573. The van der Waals surface area contributed by atoms with Gasteiger partial charge in [0.15, 0.2) is 5.96 Å². The Morgan fingerprint density at radius 1 is 1.17 bits per heavy atom. The highest BCUT2D eigenvalue weighted by molar-refractivity contribution is 6.33. The second kappa shape index (κ2) is 9.89. The van der Waals surface area contributed by atoms with Crippen LogP contribution in [0.25, 0.3) is 0 Å². The molecular weight excluding hydrogens is 403 g/mol. The van der Waals surface area contributed by atoms with Crippen molar-refractivity contribution in [2.45, 2.75) is 19.5 Å². The molecule has 0 amide bonds. The van der Waals surface area contributed by atoms with Gasteiger partial charge in [-0.05, 0) is 37.9 Å². The fraction of sp³-hybridized carbons (Fsp3) is 0.650. The summed E-state index contributed by atoms with van der Waals surface area (Å²) in [6, 6.07) is 7.85. The van der Waals surface area contributed by atoms with Gasteiger partial charge in [-0.3, -0.25) is 9.89 Å². The molecule has 1 unspecified atom stereocenters. The minimum atomic E-state index is -4.13. The average molecular weight is 432 g/mol. The Hall–Kier alpha value is -1.67. The third-order valence-corrected chi connectivity index (χ3v) is 5.70. The van der Waals surface area contributed by atoms with Crippen molar-refractivity contribution in [3.63, 3.8) is 0 Å². The number of aliphatic imine (C=N–C) groups is 1. The SMILES string of the molecule is CCNC(=NCC1CCN(CC(F)(F)F)C1)N1CCN(c2ccccc2Cl)CC1. The van der Waals surface area contributed by atoms with E-state index < -0.39 is 12.7 Å². The fourth-order valence-electron chi connectivity index (χ4n) is 3.97. The molecule has 1 N–H and O–H groups in total. The summed E-state index contributed by atoms with van der Waals surface area (Å²) in [6.45, 7) is 6.80. The van der Waals surface area contributed by atoms with Crippen LogP contribution in [0.4, 0.5) is 18.9 Å². The Kier molecular flexibility index (Phi) is 7.51. The molecule has 2 heterocycles. The highest BCUT2D eigenvalue weighted by Crippen LogP contribution is 2.26. The molecular formula is C20H29ClF3N5. The van der Waals surface area contributed by atoms with Gasteiger partial charge < -0.3 is 15.1 Å². The maximum absolute atomic E-state index is 12.6. The number of likely N-dealkylation sites (tertiary alicyclic amines) is 1. The van der Waals surface area contributed by atoms with Crippen molar-refractivity contribution in [3.05, 3.63) is 29.3 Å². The van der Waals surface area contributed by atoms with Crippen LogP contribution in [-0.4, -0.2) is 80.8 Å². The molecule has 0 bridgehead atoms. The van der Waals surface area contributed by atoms with Gasteiger partial charge >= 0.3 is 6.18 Å². The highest BCUT2D eigenvalue weighted by atomic mass is 35.5. The molecule has 2 saturated heterocycles. The van der Waals surface area contributed by atoms with Gasteiger partial charge in [-0.1, -0.05) is 23.7 Å². The number of nitrogens with zero attached hydrogens (tertiary/aromatic N) is 4. The van der Waals surface area contributed by atoms with Crippen molar-refractivity contribution in [2.24, 2.45) is 10.9 Å². The molecule has 1 aromatic rings. The number of rotatable bonds is 5. The Labute approximate surface area is 175 Å². The average Bonchev–Trinajstić information content (AvgIpc) is 3.11. The standard InChI is InChI=1S/C20H29ClF3N5/c1-2-25-19(26-13-16-7-8-27(14-16)15-20(22,23)24)29-11-9-28(10-12-29)18-6-4-3-5-17(18)21/h3-6,16H,2,7-15H2,1H3,(H,25,26). The first-order chi connectivity index (χ1) is 13.9. The summed E-state index contributed by atoms with van der Waals surface area (Å²) in [6.07, 6.45) is -3.37. The molecule has 2 aliphatic rings. The molecule has 0 radical (unpaired) electrons. The first kappa shape index (κ1) is 22.0. The van der Waals surface area contributed by atoms with Crippen LogP contribution in [0, 0.1) is 5.92 Å². The summed E-state index contributed by atoms with van der Waals surface area (Å²) >= 11 is 6.31. The molecule has 3 rings (SSSR count). The largest absolute Gasteiger partial charge is 0.401 e. The van der Waals surface area contributed by atoms with Gasteiger partial charge in [0.1, 0.15) is 0 Å². The number of alkyl halides is 3. The second-order valence-electron chi connectivity index (χ2n) is 7.63. The Balaban J connectivity index is 1.53. The van der Waals surface area contributed by atoms with Gasteiger partial charge in [0, 0.05) is 45.8 Å². The van der Waals surface area contributed by atoms with Gasteiger partial charge in [-0.25, -0.2) is 0 Å². The summed E-state index contributed by atoms with van der Waals surface area (Å²) in [4.78, 5) is 10.7. The van der Waals surface area contributed by atoms with Crippen LogP contribution in [0.2, 0.25) is 5.02 Å². The lowest BCUT2D eigenvalue weighted by Crippen LogP contribution is -2.52. The molecule has 0 aliphatic carbocycles. The number of piperazine rings is 1. The zero-order valence-electron chi connectivity index (χ0n) is 16.8. The summed E-state index contributed by atoms with van der Waals surface area (Å²) in [5.74, 6) is 1.02. The summed E-state index contributed by atoms with van der Waals surface area (Å²) in [5.41, 5.74) is 1.05. The molecule has 9 heteroatoms. The zero-order valence-corrected chi connectivity index (χ0v) is 17.5. The Morgan fingerprint density at radius 2 is 1.90 bits per heavy atom. The monoisotopic (exact) mass is 431 g/mol. The number of nitrogens with one attached hydrogen (secondary N) is 1. The van der Waals surface area contributed by atoms with Crippen LogP contribution < -0.4 is 10.2 Å². The van der Waals surface area contributed by atoms with E-state index in [1.807, 2.05) is 31.2 Å². The number of guanidine groups is 1. The maximum atomic E-state index is 12.6. The van der Waals surface area contributed by atoms with E-state index in [1.165, 1.54) is 4.90 Å². The molecule has 1 aromatic carbocycles. The Bertz CT molecular complexity index is 689.